The molecule has 1 aliphatic rings. The lowest BCUT2D eigenvalue weighted by Gasteiger charge is -2.31. The minimum atomic E-state index is -0.454. The van der Waals surface area contributed by atoms with E-state index in [1.165, 1.54) is 5.56 Å². The van der Waals surface area contributed by atoms with Gasteiger partial charge in [-0.2, -0.15) is 0 Å². The zero-order valence-corrected chi connectivity index (χ0v) is 12.9. The van der Waals surface area contributed by atoms with E-state index >= 15 is 0 Å². The number of benzene rings is 2. The van der Waals surface area contributed by atoms with Crippen LogP contribution in [0.15, 0.2) is 54.6 Å². The lowest BCUT2D eigenvalue weighted by atomic mass is 9.95. The SMILES string of the molecule is [O-]N(O)[C@@H]1CN(Cc2ccccc2)C[C@H]1c1ccc(Cl)cc1. The zero-order chi connectivity index (χ0) is 15.5. The van der Waals surface area contributed by atoms with Crippen molar-refractivity contribution in [3.8, 4) is 0 Å². The monoisotopic (exact) mass is 317 g/mol. The van der Waals surface area contributed by atoms with Crippen molar-refractivity contribution in [2.75, 3.05) is 13.1 Å². The van der Waals surface area contributed by atoms with Gasteiger partial charge in [-0.05, 0) is 23.3 Å². The molecule has 0 amide bonds. The Bertz CT molecular complexity index is 604. The Kier molecular flexibility index (Phi) is 4.76. The maximum Gasteiger partial charge on any atom is 0.0425 e. The van der Waals surface area contributed by atoms with Crippen molar-refractivity contribution in [2.24, 2.45) is 0 Å². The van der Waals surface area contributed by atoms with Gasteiger partial charge >= 0.3 is 0 Å². The molecule has 2 aromatic rings. The highest BCUT2D eigenvalue weighted by Crippen LogP contribution is 2.31. The van der Waals surface area contributed by atoms with Gasteiger partial charge in [0.15, 0.2) is 0 Å². The molecule has 5 heteroatoms. The molecule has 2 atom stereocenters. The van der Waals surface area contributed by atoms with Gasteiger partial charge in [-0.3, -0.25) is 10.1 Å². The molecule has 2 aromatic carbocycles. The molecular weight excluding hydrogens is 300 g/mol. The van der Waals surface area contributed by atoms with Crippen LogP contribution in [0.1, 0.15) is 17.0 Å². The van der Waals surface area contributed by atoms with Crippen molar-refractivity contribution in [1.82, 2.24) is 10.1 Å². The van der Waals surface area contributed by atoms with E-state index in [-0.39, 0.29) is 11.1 Å². The first-order chi connectivity index (χ1) is 10.6. The van der Waals surface area contributed by atoms with E-state index in [0.29, 0.717) is 11.6 Å². The smallest absolute Gasteiger partial charge is 0.0425 e. The van der Waals surface area contributed by atoms with Gasteiger partial charge in [0, 0.05) is 36.6 Å². The highest BCUT2D eigenvalue weighted by Gasteiger charge is 2.34. The maximum atomic E-state index is 11.5. The molecule has 0 bridgehead atoms. The van der Waals surface area contributed by atoms with E-state index in [2.05, 4.69) is 17.0 Å². The Hall–Kier alpha value is -1.43. The highest BCUT2D eigenvalue weighted by atomic mass is 35.5. The van der Waals surface area contributed by atoms with Gasteiger partial charge in [-0.25, -0.2) is 0 Å². The Labute approximate surface area is 135 Å². The van der Waals surface area contributed by atoms with Crippen LogP contribution in [0, 0.1) is 5.21 Å². The third-order valence-electron chi connectivity index (χ3n) is 4.20. The van der Waals surface area contributed by atoms with Gasteiger partial charge in [0.1, 0.15) is 0 Å². The Morgan fingerprint density at radius 3 is 2.41 bits per heavy atom. The summed E-state index contributed by atoms with van der Waals surface area (Å²) in [5, 5.41) is 21.7. The number of likely N-dealkylation sites (tertiary alicyclic amines) is 1. The topological polar surface area (TPSA) is 49.8 Å². The molecule has 0 aliphatic carbocycles. The van der Waals surface area contributed by atoms with Crippen molar-refractivity contribution >= 4 is 11.6 Å². The number of nitrogens with zero attached hydrogens (tertiary/aromatic N) is 2. The summed E-state index contributed by atoms with van der Waals surface area (Å²) < 4.78 is 0. The van der Waals surface area contributed by atoms with Crippen molar-refractivity contribution in [3.63, 3.8) is 0 Å². The molecule has 3 rings (SSSR count). The lowest BCUT2D eigenvalue weighted by molar-refractivity contribution is -0.0794. The minimum Gasteiger partial charge on any atom is -0.762 e. The van der Waals surface area contributed by atoms with E-state index in [0.717, 1.165) is 18.7 Å². The fourth-order valence-electron chi connectivity index (χ4n) is 3.10. The van der Waals surface area contributed by atoms with Gasteiger partial charge in [0.05, 0.1) is 0 Å². The molecule has 0 spiro atoms. The van der Waals surface area contributed by atoms with Crippen molar-refractivity contribution in [3.05, 3.63) is 76.0 Å². The Morgan fingerprint density at radius 1 is 1.09 bits per heavy atom. The number of hydrogen-bond donors (Lipinski definition) is 1. The third-order valence-corrected chi connectivity index (χ3v) is 4.45. The van der Waals surface area contributed by atoms with E-state index in [1.54, 1.807) is 0 Å². The number of hydrogen-bond acceptors (Lipinski definition) is 4. The van der Waals surface area contributed by atoms with Crippen LogP contribution in [0.2, 0.25) is 5.02 Å². The molecule has 0 unspecified atom stereocenters. The number of hydroxylamine groups is 2. The summed E-state index contributed by atoms with van der Waals surface area (Å²) in [6.45, 7) is 2.05. The van der Waals surface area contributed by atoms with E-state index in [1.807, 2.05) is 42.5 Å². The summed E-state index contributed by atoms with van der Waals surface area (Å²) in [7, 11) is 0. The first-order valence-corrected chi connectivity index (χ1v) is 7.68. The molecule has 0 saturated carbocycles. The second-order valence-corrected chi connectivity index (χ2v) is 6.14. The average Bonchev–Trinajstić information content (AvgIpc) is 2.93. The van der Waals surface area contributed by atoms with Crippen molar-refractivity contribution in [1.29, 1.82) is 0 Å². The van der Waals surface area contributed by atoms with Gasteiger partial charge < -0.3 is 10.4 Å². The third kappa shape index (κ3) is 3.48. The summed E-state index contributed by atoms with van der Waals surface area (Å²) in [5.41, 5.74) is 2.23. The van der Waals surface area contributed by atoms with Crippen LogP contribution in [0.3, 0.4) is 0 Å². The molecule has 0 aromatic heterocycles. The highest BCUT2D eigenvalue weighted by molar-refractivity contribution is 6.30. The minimum absolute atomic E-state index is 0.0246. The van der Waals surface area contributed by atoms with Crippen LogP contribution in [0.4, 0.5) is 0 Å². The number of rotatable bonds is 4. The predicted octanol–water partition coefficient (Wildman–Crippen LogP) is 3.50. The summed E-state index contributed by atoms with van der Waals surface area (Å²) in [6, 6.07) is 17.2. The first kappa shape index (κ1) is 15.5. The summed E-state index contributed by atoms with van der Waals surface area (Å²) in [6.07, 6.45) is 0. The van der Waals surface area contributed by atoms with Crippen LogP contribution in [0.5, 0.6) is 0 Å². The van der Waals surface area contributed by atoms with Gasteiger partial charge in [-0.15, -0.1) is 0 Å². The second kappa shape index (κ2) is 6.77. The van der Waals surface area contributed by atoms with Gasteiger partial charge in [-0.1, -0.05) is 54.1 Å². The van der Waals surface area contributed by atoms with Crippen molar-refractivity contribution in [2.45, 2.75) is 18.5 Å². The molecule has 0 radical (unpaired) electrons. The van der Waals surface area contributed by atoms with E-state index < -0.39 is 6.04 Å². The van der Waals surface area contributed by atoms with Crippen LogP contribution in [-0.4, -0.2) is 34.5 Å². The van der Waals surface area contributed by atoms with Crippen LogP contribution >= 0.6 is 11.6 Å². The molecule has 1 heterocycles. The molecule has 22 heavy (non-hydrogen) atoms. The summed E-state index contributed by atoms with van der Waals surface area (Å²) in [4.78, 5) is 2.19. The zero-order valence-electron chi connectivity index (χ0n) is 12.1. The van der Waals surface area contributed by atoms with Crippen LogP contribution in [0.25, 0.3) is 0 Å². The lowest BCUT2D eigenvalue weighted by Crippen LogP contribution is -2.33. The quantitative estimate of drug-likeness (QED) is 0.877. The molecule has 1 aliphatic heterocycles. The predicted molar refractivity (Wildman–Crippen MR) is 86.7 cm³/mol. The van der Waals surface area contributed by atoms with Gasteiger partial charge in [0.2, 0.25) is 0 Å². The fourth-order valence-corrected chi connectivity index (χ4v) is 3.22. The molecule has 1 N–H and O–H groups in total. The summed E-state index contributed by atoms with van der Waals surface area (Å²) >= 11 is 5.92. The Morgan fingerprint density at radius 2 is 1.77 bits per heavy atom. The summed E-state index contributed by atoms with van der Waals surface area (Å²) in [5.74, 6) is -0.0246. The normalized spacial score (nSPS) is 22.4. The number of halogens is 1. The molecule has 1 fully saturated rings. The molecule has 4 nitrogen and oxygen atoms in total. The van der Waals surface area contributed by atoms with Crippen molar-refractivity contribution < 1.29 is 5.21 Å². The molecule has 1 saturated heterocycles. The largest absolute Gasteiger partial charge is 0.762 e. The molecule has 116 valence electrons. The average molecular weight is 318 g/mol. The van der Waals surface area contributed by atoms with Gasteiger partial charge in [0.25, 0.3) is 0 Å². The maximum absolute atomic E-state index is 11.5. The van der Waals surface area contributed by atoms with E-state index in [4.69, 9.17) is 11.6 Å². The van der Waals surface area contributed by atoms with E-state index in [9.17, 15) is 10.4 Å². The second-order valence-electron chi connectivity index (χ2n) is 5.71. The fraction of sp³-hybridized carbons (Fsp3) is 0.294. The standard InChI is InChI=1S/C17H18ClN2O2/c18-15-8-6-14(7-9-15)16-11-19(12-17(16)20(21)22)10-13-4-2-1-3-5-13/h1-9,16-17,21H,10-12H2/q-1/t16-,17+/m0/s1. The molecular formula is C17H18ClN2O2-. The first-order valence-electron chi connectivity index (χ1n) is 7.30. The van der Waals surface area contributed by atoms with Crippen LogP contribution in [-0.2, 0) is 6.54 Å². The van der Waals surface area contributed by atoms with Crippen LogP contribution < -0.4 is 0 Å². The Balaban J connectivity index is 1.76.